The topological polar surface area (TPSA) is 64.6 Å². The lowest BCUT2D eigenvalue weighted by Crippen LogP contribution is -2.36. The summed E-state index contributed by atoms with van der Waals surface area (Å²) in [6.07, 6.45) is 0. The summed E-state index contributed by atoms with van der Waals surface area (Å²) in [5.74, 6) is -0.175. The van der Waals surface area contributed by atoms with Crippen molar-refractivity contribution in [1.82, 2.24) is 5.32 Å². The molecule has 0 aliphatic heterocycles. The molecule has 0 fully saturated rings. The van der Waals surface area contributed by atoms with Gasteiger partial charge in [0.1, 0.15) is 18.4 Å². The molecule has 104 valence electrons. The lowest BCUT2D eigenvalue weighted by Gasteiger charge is -2.11. The fourth-order valence-corrected chi connectivity index (χ4v) is 1.43. The number of carbonyl (C=O) groups is 2. The standard InChI is InChI=1S/C14H19NO4/c1-4-15-10(2)14(17)19-13-7-5-12(6-8-13)9-18-11(3)16/h5-8,10,15H,4,9H2,1-3H3. The number of hydrogen-bond acceptors (Lipinski definition) is 5. The Morgan fingerprint density at radius 2 is 1.89 bits per heavy atom. The van der Waals surface area contributed by atoms with Crippen LogP contribution in [0.4, 0.5) is 0 Å². The van der Waals surface area contributed by atoms with Crippen molar-refractivity contribution in [3.8, 4) is 5.75 Å². The van der Waals surface area contributed by atoms with Gasteiger partial charge in [-0.15, -0.1) is 0 Å². The van der Waals surface area contributed by atoms with Crippen LogP contribution in [0.25, 0.3) is 0 Å². The monoisotopic (exact) mass is 265 g/mol. The van der Waals surface area contributed by atoms with E-state index in [1.165, 1.54) is 6.92 Å². The van der Waals surface area contributed by atoms with Crippen molar-refractivity contribution in [3.63, 3.8) is 0 Å². The molecule has 0 saturated heterocycles. The van der Waals surface area contributed by atoms with Gasteiger partial charge in [0.05, 0.1) is 0 Å². The van der Waals surface area contributed by atoms with E-state index < -0.39 is 0 Å². The molecule has 0 amide bonds. The summed E-state index contributed by atoms with van der Waals surface area (Å²) < 4.78 is 10.1. The second-order valence-corrected chi connectivity index (χ2v) is 4.12. The Hall–Kier alpha value is -1.88. The maximum absolute atomic E-state index is 11.6. The van der Waals surface area contributed by atoms with Gasteiger partial charge < -0.3 is 14.8 Å². The summed E-state index contributed by atoms with van der Waals surface area (Å²) in [6, 6.07) is 6.52. The van der Waals surface area contributed by atoms with Crippen LogP contribution in [0.2, 0.25) is 0 Å². The van der Waals surface area contributed by atoms with E-state index in [2.05, 4.69) is 5.32 Å². The quantitative estimate of drug-likeness (QED) is 0.626. The molecule has 0 saturated carbocycles. The highest BCUT2D eigenvalue weighted by Crippen LogP contribution is 2.13. The summed E-state index contributed by atoms with van der Waals surface area (Å²) in [6.45, 7) is 5.96. The number of ether oxygens (including phenoxy) is 2. The predicted molar refractivity (Wildman–Crippen MR) is 70.7 cm³/mol. The average Bonchev–Trinajstić information content (AvgIpc) is 2.38. The lowest BCUT2D eigenvalue weighted by molar-refractivity contribution is -0.142. The summed E-state index contributed by atoms with van der Waals surface area (Å²) in [4.78, 5) is 22.3. The number of esters is 2. The number of likely N-dealkylation sites (N-methyl/N-ethyl adjacent to an activating group) is 1. The van der Waals surface area contributed by atoms with Gasteiger partial charge in [-0.25, -0.2) is 4.79 Å². The van der Waals surface area contributed by atoms with Gasteiger partial charge in [0, 0.05) is 6.92 Å². The van der Waals surface area contributed by atoms with Crippen molar-refractivity contribution < 1.29 is 19.1 Å². The predicted octanol–water partition coefficient (Wildman–Crippen LogP) is 1.65. The molecule has 1 unspecified atom stereocenters. The third kappa shape index (κ3) is 5.52. The SMILES string of the molecule is CCNC(C)C(=O)Oc1ccc(COC(C)=O)cc1. The summed E-state index contributed by atoms with van der Waals surface area (Å²) in [5, 5.41) is 2.98. The Morgan fingerprint density at radius 1 is 1.26 bits per heavy atom. The molecule has 1 aromatic carbocycles. The molecule has 0 aliphatic rings. The molecule has 1 atom stereocenters. The van der Waals surface area contributed by atoms with E-state index in [9.17, 15) is 9.59 Å². The van der Waals surface area contributed by atoms with E-state index in [0.29, 0.717) is 12.3 Å². The van der Waals surface area contributed by atoms with Crippen LogP contribution in [-0.2, 0) is 20.9 Å². The Bertz CT molecular complexity index is 428. The van der Waals surface area contributed by atoms with Gasteiger partial charge in [0.2, 0.25) is 0 Å². The molecule has 0 aromatic heterocycles. The van der Waals surface area contributed by atoms with Gasteiger partial charge in [0.15, 0.2) is 0 Å². The Balaban J connectivity index is 2.52. The molecule has 0 aliphatic carbocycles. The molecule has 1 N–H and O–H groups in total. The number of rotatable bonds is 6. The molecule has 0 radical (unpaired) electrons. The van der Waals surface area contributed by atoms with Gasteiger partial charge in [-0.1, -0.05) is 19.1 Å². The smallest absolute Gasteiger partial charge is 0.328 e. The zero-order chi connectivity index (χ0) is 14.3. The number of carbonyl (C=O) groups excluding carboxylic acids is 2. The molecule has 5 heteroatoms. The highest BCUT2D eigenvalue weighted by Gasteiger charge is 2.13. The van der Waals surface area contributed by atoms with E-state index >= 15 is 0 Å². The van der Waals surface area contributed by atoms with Crippen LogP contribution in [0.5, 0.6) is 5.75 Å². The second kappa shape index (κ2) is 7.53. The number of hydrogen-bond donors (Lipinski definition) is 1. The summed E-state index contributed by atoms with van der Waals surface area (Å²) in [7, 11) is 0. The van der Waals surface area contributed by atoms with Gasteiger partial charge in [0.25, 0.3) is 0 Å². The van der Waals surface area contributed by atoms with E-state index in [1.807, 2.05) is 6.92 Å². The van der Waals surface area contributed by atoms with Gasteiger partial charge in [-0.3, -0.25) is 4.79 Å². The largest absolute Gasteiger partial charge is 0.461 e. The van der Waals surface area contributed by atoms with E-state index in [1.54, 1.807) is 31.2 Å². The minimum Gasteiger partial charge on any atom is -0.461 e. The van der Waals surface area contributed by atoms with Crippen molar-refractivity contribution in [1.29, 1.82) is 0 Å². The van der Waals surface area contributed by atoms with Crippen LogP contribution in [0, 0.1) is 0 Å². The van der Waals surface area contributed by atoms with Crippen molar-refractivity contribution >= 4 is 11.9 Å². The Labute approximate surface area is 112 Å². The maximum atomic E-state index is 11.6. The van der Waals surface area contributed by atoms with Crippen LogP contribution < -0.4 is 10.1 Å². The molecule has 1 aromatic rings. The summed E-state index contributed by atoms with van der Waals surface area (Å²) >= 11 is 0. The zero-order valence-corrected chi connectivity index (χ0v) is 11.4. The van der Waals surface area contributed by atoms with E-state index in [4.69, 9.17) is 9.47 Å². The van der Waals surface area contributed by atoms with Crippen LogP contribution in [0.3, 0.4) is 0 Å². The van der Waals surface area contributed by atoms with Crippen LogP contribution >= 0.6 is 0 Å². The first-order valence-electron chi connectivity index (χ1n) is 6.20. The van der Waals surface area contributed by atoms with Gasteiger partial charge in [-0.2, -0.15) is 0 Å². The van der Waals surface area contributed by atoms with Crippen molar-refractivity contribution in [2.24, 2.45) is 0 Å². The molecule has 0 heterocycles. The summed E-state index contributed by atoms with van der Waals surface area (Å²) in [5.41, 5.74) is 0.842. The normalized spacial score (nSPS) is 11.7. The van der Waals surface area contributed by atoms with Crippen molar-refractivity contribution in [2.45, 2.75) is 33.4 Å². The molecular formula is C14H19NO4. The zero-order valence-electron chi connectivity index (χ0n) is 11.4. The fourth-order valence-electron chi connectivity index (χ4n) is 1.43. The van der Waals surface area contributed by atoms with E-state index in [-0.39, 0.29) is 24.6 Å². The van der Waals surface area contributed by atoms with Crippen LogP contribution in [0.15, 0.2) is 24.3 Å². The highest BCUT2D eigenvalue weighted by atomic mass is 16.5. The first-order chi connectivity index (χ1) is 9.02. The molecular weight excluding hydrogens is 246 g/mol. The van der Waals surface area contributed by atoms with E-state index in [0.717, 1.165) is 5.56 Å². The maximum Gasteiger partial charge on any atom is 0.328 e. The molecule has 19 heavy (non-hydrogen) atoms. The average molecular weight is 265 g/mol. The fraction of sp³-hybridized carbons (Fsp3) is 0.429. The third-order valence-electron chi connectivity index (χ3n) is 2.45. The Kier molecular flexibility index (Phi) is 6.02. The van der Waals surface area contributed by atoms with Crippen LogP contribution in [-0.4, -0.2) is 24.5 Å². The number of benzene rings is 1. The van der Waals surface area contributed by atoms with Gasteiger partial charge in [-0.05, 0) is 31.2 Å². The molecule has 0 bridgehead atoms. The second-order valence-electron chi connectivity index (χ2n) is 4.12. The minimum absolute atomic E-state index is 0.220. The van der Waals surface area contributed by atoms with Crippen molar-refractivity contribution in [3.05, 3.63) is 29.8 Å². The number of nitrogens with one attached hydrogen (secondary N) is 1. The van der Waals surface area contributed by atoms with Gasteiger partial charge >= 0.3 is 11.9 Å². The first-order valence-corrected chi connectivity index (χ1v) is 6.20. The Morgan fingerprint density at radius 3 is 2.42 bits per heavy atom. The highest BCUT2D eigenvalue weighted by molar-refractivity contribution is 5.77. The minimum atomic E-state index is -0.342. The van der Waals surface area contributed by atoms with Crippen molar-refractivity contribution in [2.75, 3.05) is 6.54 Å². The first kappa shape index (κ1) is 15.2. The third-order valence-corrected chi connectivity index (χ3v) is 2.45. The molecule has 5 nitrogen and oxygen atoms in total. The lowest BCUT2D eigenvalue weighted by atomic mass is 10.2. The van der Waals surface area contributed by atoms with Crippen LogP contribution in [0.1, 0.15) is 26.3 Å². The molecule has 1 rings (SSSR count). The molecule has 0 spiro atoms.